The molecule has 1 saturated carbocycles. The van der Waals surface area contributed by atoms with Gasteiger partial charge in [-0.2, -0.15) is 0 Å². The van der Waals surface area contributed by atoms with Crippen molar-refractivity contribution in [2.45, 2.75) is 83.3 Å². The number of carbonyl (C=O) groups excluding carboxylic acids is 3. The van der Waals surface area contributed by atoms with Crippen molar-refractivity contribution < 1.29 is 14.4 Å². The van der Waals surface area contributed by atoms with Crippen LogP contribution in [0.5, 0.6) is 0 Å². The molecule has 32 heavy (non-hydrogen) atoms. The Hall–Kier alpha value is -2.41. The van der Waals surface area contributed by atoms with Gasteiger partial charge < -0.3 is 15.5 Å². The molecular weight excluding hydrogens is 404 g/mol. The van der Waals surface area contributed by atoms with Crippen LogP contribution in [-0.2, 0) is 16.1 Å². The summed E-state index contributed by atoms with van der Waals surface area (Å²) in [5, 5.41) is 2.39. The van der Waals surface area contributed by atoms with Crippen LogP contribution in [0.4, 0.5) is 5.69 Å². The Morgan fingerprint density at radius 3 is 2.56 bits per heavy atom. The molecule has 1 aliphatic carbocycles. The van der Waals surface area contributed by atoms with Crippen molar-refractivity contribution >= 4 is 23.4 Å². The van der Waals surface area contributed by atoms with Gasteiger partial charge in [0.05, 0.1) is 0 Å². The Labute approximate surface area is 190 Å². The molecule has 1 aromatic rings. The highest BCUT2D eigenvalue weighted by molar-refractivity contribution is 6.06. The smallest absolute Gasteiger partial charge is 0.255 e. The molecule has 1 unspecified atom stereocenters. The van der Waals surface area contributed by atoms with E-state index in [0.717, 1.165) is 56.4 Å². The maximum absolute atomic E-state index is 13.2. The number of nitrogens with one attached hydrogen (secondary N) is 1. The van der Waals surface area contributed by atoms with Gasteiger partial charge >= 0.3 is 0 Å². The van der Waals surface area contributed by atoms with Crippen molar-refractivity contribution in [3.63, 3.8) is 0 Å². The summed E-state index contributed by atoms with van der Waals surface area (Å²) < 4.78 is 0. The van der Waals surface area contributed by atoms with Gasteiger partial charge in [0.2, 0.25) is 11.8 Å². The van der Waals surface area contributed by atoms with Crippen molar-refractivity contribution in [2.75, 3.05) is 18.0 Å². The first-order chi connectivity index (χ1) is 15.5. The molecule has 174 valence electrons. The summed E-state index contributed by atoms with van der Waals surface area (Å²) in [6.45, 7) is 4.39. The number of nitrogens with two attached hydrogens (primary N) is 1. The van der Waals surface area contributed by atoms with E-state index in [-0.39, 0.29) is 24.1 Å². The number of imide groups is 1. The minimum atomic E-state index is -0.575. The number of nitrogens with zero attached hydrogens (tertiary/aromatic N) is 2. The van der Waals surface area contributed by atoms with Crippen LogP contribution in [0.15, 0.2) is 18.2 Å². The molecule has 3 N–H and O–H groups in total. The van der Waals surface area contributed by atoms with Crippen molar-refractivity contribution in [2.24, 2.45) is 11.7 Å². The topological polar surface area (TPSA) is 95.7 Å². The van der Waals surface area contributed by atoms with E-state index in [0.29, 0.717) is 30.5 Å². The van der Waals surface area contributed by atoms with Gasteiger partial charge in [0.25, 0.3) is 5.91 Å². The lowest BCUT2D eigenvalue weighted by Gasteiger charge is -2.39. The van der Waals surface area contributed by atoms with Gasteiger partial charge in [-0.3, -0.25) is 19.7 Å². The zero-order valence-electron chi connectivity index (χ0n) is 19.1. The van der Waals surface area contributed by atoms with Crippen LogP contribution < -0.4 is 16.0 Å². The van der Waals surface area contributed by atoms with Gasteiger partial charge in [0, 0.05) is 42.4 Å². The Morgan fingerprint density at radius 2 is 1.88 bits per heavy atom. The third-order valence-electron chi connectivity index (χ3n) is 7.46. The van der Waals surface area contributed by atoms with Crippen LogP contribution in [-0.4, -0.2) is 47.8 Å². The summed E-state index contributed by atoms with van der Waals surface area (Å²) in [4.78, 5) is 41.4. The highest BCUT2D eigenvalue weighted by Gasteiger charge is 2.40. The molecule has 1 saturated heterocycles. The number of piperidine rings is 1. The summed E-state index contributed by atoms with van der Waals surface area (Å²) in [5.74, 6) is -0.0957. The van der Waals surface area contributed by atoms with Gasteiger partial charge in [0.1, 0.15) is 6.04 Å². The maximum Gasteiger partial charge on any atom is 0.255 e. The molecule has 3 amide bonds. The second-order valence-electron chi connectivity index (χ2n) is 9.51. The van der Waals surface area contributed by atoms with E-state index in [4.69, 9.17) is 5.73 Å². The predicted octanol–water partition coefficient (Wildman–Crippen LogP) is 2.96. The third-order valence-corrected chi connectivity index (χ3v) is 7.46. The van der Waals surface area contributed by atoms with Crippen LogP contribution in [0.1, 0.15) is 80.6 Å². The predicted molar refractivity (Wildman–Crippen MR) is 124 cm³/mol. The lowest BCUT2D eigenvalue weighted by atomic mass is 9.85. The number of unbranched alkanes of at least 4 members (excludes halogenated alkanes) is 2. The first-order valence-corrected chi connectivity index (χ1v) is 12.3. The molecule has 1 atom stereocenters. The second kappa shape index (κ2) is 10.0. The lowest BCUT2D eigenvalue weighted by Crippen LogP contribution is -2.52. The molecule has 4 rings (SSSR count). The van der Waals surface area contributed by atoms with Crippen molar-refractivity contribution in [3.05, 3.63) is 29.3 Å². The quantitative estimate of drug-likeness (QED) is 0.479. The Kier molecular flexibility index (Phi) is 7.13. The lowest BCUT2D eigenvalue weighted by molar-refractivity contribution is -0.136. The summed E-state index contributed by atoms with van der Waals surface area (Å²) in [5.41, 5.74) is 8.78. The van der Waals surface area contributed by atoms with E-state index in [1.165, 1.54) is 12.8 Å². The average molecular weight is 441 g/mol. The largest absolute Gasteiger partial charge is 0.368 e. The third kappa shape index (κ3) is 4.53. The molecule has 2 heterocycles. The molecule has 1 aromatic carbocycles. The minimum absolute atomic E-state index is 0.100. The first-order valence-electron chi connectivity index (χ1n) is 12.3. The number of amides is 3. The van der Waals surface area contributed by atoms with E-state index in [2.05, 4.69) is 23.2 Å². The molecule has 0 spiro atoms. The van der Waals surface area contributed by atoms with E-state index < -0.39 is 6.04 Å². The molecule has 2 aliphatic heterocycles. The van der Waals surface area contributed by atoms with Crippen molar-refractivity contribution in [1.82, 2.24) is 10.2 Å². The highest BCUT2D eigenvalue weighted by atomic mass is 16.2. The molecule has 2 fully saturated rings. The van der Waals surface area contributed by atoms with E-state index in [1.807, 2.05) is 12.1 Å². The standard InChI is InChI=1S/C25H36N4O3/c1-2-3-4-14-28(18-10-8-17(15-26)9-11-18)21-7-5-6-19-20(21)16-29(25(19)32)22-12-13-23(30)27-24(22)31/h5-7,17-18,22H,2-4,8-16,26H2,1H3,(H,27,30,31). The van der Waals surface area contributed by atoms with E-state index in [1.54, 1.807) is 4.90 Å². The second-order valence-corrected chi connectivity index (χ2v) is 9.51. The number of hydrogen-bond donors (Lipinski definition) is 2. The number of carbonyl (C=O) groups is 3. The monoisotopic (exact) mass is 440 g/mol. The summed E-state index contributed by atoms with van der Waals surface area (Å²) in [7, 11) is 0. The van der Waals surface area contributed by atoms with Gasteiger partial charge in [-0.1, -0.05) is 25.8 Å². The van der Waals surface area contributed by atoms with Crippen LogP contribution >= 0.6 is 0 Å². The molecule has 0 radical (unpaired) electrons. The van der Waals surface area contributed by atoms with E-state index >= 15 is 0 Å². The van der Waals surface area contributed by atoms with Crippen LogP contribution in [0.2, 0.25) is 0 Å². The Morgan fingerprint density at radius 1 is 1.09 bits per heavy atom. The average Bonchev–Trinajstić information content (AvgIpc) is 3.14. The van der Waals surface area contributed by atoms with Crippen LogP contribution in [0.25, 0.3) is 0 Å². The number of rotatable bonds is 8. The number of anilines is 1. The Bertz CT molecular complexity index is 863. The van der Waals surface area contributed by atoms with Gasteiger partial charge in [-0.25, -0.2) is 0 Å². The van der Waals surface area contributed by atoms with Gasteiger partial charge in [0.15, 0.2) is 0 Å². The highest BCUT2D eigenvalue weighted by Crippen LogP contribution is 2.37. The SMILES string of the molecule is CCCCCN(c1cccc2c1CN(C1CCC(=O)NC1=O)C2=O)C1CCC(CN)CC1. The fourth-order valence-corrected chi connectivity index (χ4v) is 5.56. The van der Waals surface area contributed by atoms with E-state index in [9.17, 15) is 14.4 Å². The zero-order chi connectivity index (χ0) is 22.7. The molecule has 7 heteroatoms. The molecule has 7 nitrogen and oxygen atoms in total. The van der Waals surface area contributed by atoms with Gasteiger partial charge in [-0.05, 0) is 63.1 Å². The molecule has 3 aliphatic rings. The number of hydrogen-bond acceptors (Lipinski definition) is 5. The zero-order valence-corrected chi connectivity index (χ0v) is 19.1. The van der Waals surface area contributed by atoms with Crippen LogP contribution in [0.3, 0.4) is 0 Å². The fraction of sp³-hybridized carbons (Fsp3) is 0.640. The minimum Gasteiger partial charge on any atom is -0.368 e. The molecule has 0 bridgehead atoms. The number of benzene rings is 1. The number of fused-ring (bicyclic) bond motifs is 1. The fourth-order valence-electron chi connectivity index (χ4n) is 5.56. The molecular formula is C25H36N4O3. The summed E-state index contributed by atoms with van der Waals surface area (Å²) >= 11 is 0. The van der Waals surface area contributed by atoms with Crippen LogP contribution in [0, 0.1) is 5.92 Å². The summed E-state index contributed by atoms with van der Waals surface area (Å²) in [6, 6.07) is 5.87. The maximum atomic E-state index is 13.2. The van der Waals surface area contributed by atoms with Crippen molar-refractivity contribution in [1.29, 1.82) is 0 Å². The van der Waals surface area contributed by atoms with Crippen molar-refractivity contribution in [3.8, 4) is 0 Å². The first kappa shape index (κ1) is 22.8. The Balaban J connectivity index is 1.59. The summed E-state index contributed by atoms with van der Waals surface area (Å²) in [6.07, 6.45) is 8.71. The van der Waals surface area contributed by atoms with Gasteiger partial charge in [-0.15, -0.1) is 0 Å². The molecule has 0 aromatic heterocycles. The normalized spacial score (nSPS) is 25.6.